The van der Waals surface area contributed by atoms with Crippen LogP contribution in [0.25, 0.3) is 0 Å². The summed E-state index contributed by atoms with van der Waals surface area (Å²) in [6, 6.07) is 12.7. The number of phenolic OH excluding ortho intramolecular Hbond substituents is 2. The predicted molar refractivity (Wildman–Crippen MR) is 72.8 cm³/mol. The van der Waals surface area contributed by atoms with Crippen LogP contribution in [0, 0.1) is 0 Å². The zero-order chi connectivity index (χ0) is 13.0. The Morgan fingerprint density at radius 3 is 2.61 bits per heavy atom. The average Bonchev–Trinajstić information content (AvgIpc) is 2.41. The van der Waals surface area contributed by atoms with E-state index in [-0.39, 0.29) is 11.5 Å². The lowest BCUT2D eigenvalue weighted by Gasteiger charge is -2.03. The molecule has 2 rings (SSSR count). The highest BCUT2D eigenvalue weighted by Gasteiger charge is 2.03. The van der Waals surface area contributed by atoms with Gasteiger partial charge in [0.25, 0.3) is 0 Å². The summed E-state index contributed by atoms with van der Waals surface area (Å²) in [6.45, 7) is 2.07. The maximum atomic E-state index is 9.66. The molecule has 0 aliphatic heterocycles. The van der Waals surface area contributed by atoms with E-state index in [2.05, 4.69) is 11.9 Å². The number of phenols is 2. The van der Waals surface area contributed by atoms with E-state index in [1.54, 1.807) is 18.3 Å². The number of nitrogens with zero attached hydrogens (tertiary/aromatic N) is 1. The first-order chi connectivity index (χ1) is 8.72. The molecule has 0 unspecified atom stereocenters. The lowest BCUT2D eigenvalue weighted by atomic mass is 10.1. The van der Waals surface area contributed by atoms with Crippen molar-refractivity contribution in [3.05, 3.63) is 53.6 Å². The number of para-hydroxylation sites is 2. The summed E-state index contributed by atoms with van der Waals surface area (Å²) in [4.78, 5) is 4.35. The predicted octanol–water partition coefficient (Wildman–Crippen LogP) is 3.41. The maximum Gasteiger partial charge on any atom is 0.166 e. The van der Waals surface area contributed by atoms with E-state index in [1.807, 2.05) is 24.3 Å². The Labute approximate surface area is 106 Å². The topological polar surface area (TPSA) is 52.8 Å². The van der Waals surface area contributed by atoms with Gasteiger partial charge in [0.1, 0.15) is 0 Å². The summed E-state index contributed by atoms with van der Waals surface area (Å²) in [6.07, 6.45) is 2.46. The molecule has 2 aromatic rings. The van der Waals surface area contributed by atoms with Crippen LogP contribution >= 0.6 is 0 Å². The Bertz CT molecular complexity index is 576. The first kappa shape index (κ1) is 12.2. The molecule has 0 atom stereocenters. The number of aromatic hydroxyl groups is 2. The molecule has 3 heteroatoms. The highest BCUT2D eigenvalue weighted by molar-refractivity contribution is 5.86. The van der Waals surface area contributed by atoms with Gasteiger partial charge in [-0.05, 0) is 30.2 Å². The van der Waals surface area contributed by atoms with Gasteiger partial charge in [-0.15, -0.1) is 0 Å². The fourth-order valence-corrected chi connectivity index (χ4v) is 1.73. The number of rotatable bonds is 3. The third kappa shape index (κ3) is 2.51. The van der Waals surface area contributed by atoms with Crippen molar-refractivity contribution in [2.45, 2.75) is 13.3 Å². The van der Waals surface area contributed by atoms with Crippen molar-refractivity contribution in [3.63, 3.8) is 0 Å². The van der Waals surface area contributed by atoms with Gasteiger partial charge in [-0.3, -0.25) is 4.99 Å². The average molecular weight is 241 g/mol. The molecule has 0 fully saturated rings. The van der Waals surface area contributed by atoms with Gasteiger partial charge in [0.15, 0.2) is 11.5 Å². The quantitative estimate of drug-likeness (QED) is 0.639. The van der Waals surface area contributed by atoms with E-state index < -0.39 is 0 Å². The van der Waals surface area contributed by atoms with Crippen LogP contribution in [0.5, 0.6) is 11.5 Å². The summed E-state index contributed by atoms with van der Waals surface area (Å²) in [5.41, 5.74) is 2.53. The van der Waals surface area contributed by atoms with Crippen LogP contribution in [0.2, 0.25) is 0 Å². The van der Waals surface area contributed by atoms with E-state index in [9.17, 15) is 10.2 Å². The minimum absolute atomic E-state index is 0.136. The van der Waals surface area contributed by atoms with Crippen molar-refractivity contribution in [2.24, 2.45) is 4.99 Å². The molecule has 2 aromatic carbocycles. The van der Waals surface area contributed by atoms with Crippen molar-refractivity contribution < 1.29 is 10.2 Å². The van der Waals surface area contributed by atoms with Crippen molar-refractivity contribution in [2.75, 3.05) is 0 Å². The van der Waals surface area contributed by atoms with Crippen LogP contribution in [-0.4, -0.2) is 16.4 Å². The summed E-state index contributed by atoms with van der Waals surface area (Å²) >= 11 is 0. The fourth-order valence-electron chi connectivity index (χ4n) is 1.73. The summed E-state index contributed by atoms with van der Waals surface area (Å²) < 4.78 is 0. The van der Waals surface area contributed by atoms with Crippen molar-refractivity contribution >= 4 is 11.9 Å². The molecule has 0 saturated heterocycles. The Morgan fingerprint density at radius 2 is 1.83 bits per heavy atom. The third-order valence-electron chi connectivity index (χ3n) is 2.76. The molecule has 3 nitrogen and oxygen atoms in total. The first-order valence-corrected chi connectivity index (χ1v) is 5.85. The Hall–Kier alpha value is -2.29. The van der Waals surface area contributed by atoms with Gasteiger partial charge >= 0.3 is 0 Å². The van der Waals surface area contributed by atoms with Crippen LogP contribution in [0.3, 0.4) is 0 Å². The monoisotopic (exact) mass is 241 g/mol. The Morgan fingerprint density at radius 1 is 1.06 bits per heavy atom. The van der Waals surface area contributed by atoms with E-state index in [0.717, 1.165) is 17.7 Å². The molecule has 2 N–H and O–H groups in total. The summed E-state index contributed by atoms with van der Waals surface area (Å²) in [5.74, 6) is -0.280. The molecule has 0 bridgehead atoms. The highest BCUT2D eigenvalue weighted by Crippen LogP contribution is 2.27. The van der Waals surface area contributed by atoms with Crippen LogP contribution in [0.15, 0.2) is 47.5 Å². The van der Waals surface area contributed by atoms with Crippen LogP contribution < -0.4 is 0 Å². The molecule has 92 valence electrons. The van der Waals surface area contributed by atoms with E-state index >= 15 is 0 Å². The molecule has 0 spiro atoms. The minimum atomic E-state index is -0.143. The van der Waals surface area contributed by atoms with Crippen LogP contribution in [-0.2, 0) is 6.42 Å². The zero-order valence-electron chi connectivity index (χ0n) is 10.2. The molecule has 0 amide bonds. The normalized spacial score (nSPS) is 10.9. The lowest BCUT2D eigenvalue weighted by molar-refractivity contribution is 0.403. The van der Waals surface area contributed by atoms with Crippen molar-refractivity contribution in [1.82, 2.24) is 0 Å². The van der Waals surface area contributed by atoms with Gasteiger partial charge in [0.05, 0.1) is 5.69 Å². The molecule has 0 aliphatic rings. The van der Waals surface area contributed by atoms with Crippen LogP contribution in [0.1, 0.15) is 18.1 Å². The van der Waals surface area contributed by atoms with Gasteiger partial charge < -0.3 is 10.2 Å². The molecule has 0 heterocycles. The minimum Gasteiger partial charge on any atom is -0.504 e. The van der Waals surface area contributed by atoms with Gasteiger partial charge in [-0.25, -0.2) is 0 Å². The van der Waals surface area contributed by atoms with Gasteiger partial charge in [-0.1, -0.05) is 31.2 Å². The molecule has 0 aliphatic carbocycles. The second-order valence-electron chi connectivity index (χ2n) is 3.96. The van der Waals surface area contributed by atoms with E-state index in [0.29, 0.717) is 5.56 Å². The first-order valence-electron chi connectivity index (χ1n) is 5.85. The smallest absolute Gasteiger partial charge is 0.166 e. The van der Waals surface area contributed by atoms with Gasteiger partial charge in [-0.2, -0.15) is 0 Å². The van der Waals surface area contributed by atoms with E-state index in [4.69, 9.17) is 0 Å². The van der Waals surface area contributed by atoms with Gasteiger partial charge in [0.2, 0.25) is 0 Å². The number of aryl methyl sites for hydroxylation is 1. The van der Waals surface area contributed by atoms with Crippen molar-refractivity contribution in [1.29, 1.82) is 0 Å². The largest absolute Gasteiger partial charge is 0.504 e. The molecular weight excluding hydrogens is 226 g/mol. The molecular formula is C15H15NO2. The standard InChI is InChI=1S/C15H15NO2/c1-2-11-6-3-4-8-13(11)16-10-12-7-5-9-14(17)15(12)18/h3-10,17-18H,2H2,1H3. The third-order valence-corrected chi connectivity index (χ3v) is 2.76. The molecule has 0 saturated carbocycles. The summed E-state index contributed by atoms with van der Waals surface area (Å²) in [5, 5.41) is 19.0. The Kier molecular flexibility index (Phi) is 3.63. The number of hydrogen-bond donors (Lipinski definition) is 2. The number of aliphatic imine (C=N–C) groups is 1. The Balaban J connectivity index is 2.33. The number of benzene rings is 2. The highest BCUT2D eigenvalue weighted by atomic mass is 16.3. The van der Waals surface area contributed by atoms with Gasteiger partial charge in [0, 0.05) is 11.8 Å². The molecule has 0 radical (unpaired) electrons. The second kappa shape index (κ2) is 5.36. The van der Waals surface area contributed by atoms with Crippen LogP contribution in [0.4, 0.5) is 5.69 Å². The number of hydrogen-bond acceptors (Lipinski definition) is 3. The lowest BCUT2D eigenvalue weighted by Crippen LogP contribution is -1.84. The fraction of sp³-hybridized carbons (Fsp3) is 0.133. The SMILES string of the molecule is CCc1ccccc1N=Cc1cccc(O)c1O. The molecule has 18 heavy (non-hydrogen) atoms. The second-order valence-corrected chi connectivity index (χ2v) is 3.96. The van der Waals surface area contributed by atoms with Crippen molar-refractivity contribution in [3.8, 4) is 11.5 Å². The van der Waals surface area contributed by atoms with E-state index in [1.165, 1.54) is 6.07 Å². The maximum absolute atomic E-state index is 9.66. The summed E-state index contributed by atoms with van der Waals surface area (Å²) in [7, 11) is 0. The molecule has 0 aromatic heterocycles. The zero-order valence-corrected chi connectivity index (χ0v) is 10.2.